The highest BCUT2D eigenvalue weighted by molar-refractivity contribution is 5.62. The summed E-state index contributed by atoms with van der Waals surface area (Å²) < 4.78 is 13.3. The largest absolute Gasteiger partial charge is 0.303 e. The van der Waals surface area contributed by atoms with E-state index in [4.69, 9.17) is 5.26 Å². The van der Waals surface area contributed by atoms with Crippen molar-refractivity contribution >= 4 is 6.29 Å². The second-order valence-electron chi connectivity index (χ2n) is 2.75. The fraction of sp³-hybridized carbons (Fsp3) is 0.200. The van der Waals surface area contributed by atoms with Crippen LogP contribution in [-0.2, 0) is 4.79 Å². The number of carbonyl (C=O) groups is 1. The van der Waals surface area contributed by atoms with Crippen LogP contribution in [0.4, 0.5) is 4.39 Å². The fourth-order valence-corrected chi connectivity index (χ4v) is 1.06. The predicted octanol–water partition coefficient (Wildman–Crippen LogP) is 2.00. The number of nitriles is 1. The van der Waals surface area contributed by atoms with Gasteiger partial charge in [-0.2, -0.15) is 5.26 Å². The first kappa shape index (κ1) is 9.40. The van der Waals surface area contributed by atoms with Crippen LogP contribution in [0.2, 0.25) is 0 Å². The SMILES string of the molecule is CC(C=O)c1cccc(C#N)c1F. The van der Waals surface area contributed by atoms with E-state index in [0.29, 0.717) is 6.29 Å². The van der Waals surface area contributed by atoms with Gasteiger partial charge in [-0.15, -0.1) is 0 Å². The molecule has 0 aliphatic carbocycles. The molecule has 0 bridgehead atoms. The minimum absolute atomic E-state index is 0.0220. The van der Waals surface area contributed by atoms with Gasteiger partial charge in [-0.05, 0) is 11.6 Å². The van der Waals surface area contributed by atoms with Crippen LogP contribution in [0.3, 0.4) is 0 Å². The van der Waals surface area contributed by atoms with Crippen molar-refractivity contribution in [3.05, 3.63) is 35.1 Å². The Morgan fingerprint density at radius 2 is 2.31 bits per heavy atom. The van der Waals surface area contributed by atoms with E-state index in [2.05, 4.69) is 0 Å². The maximum atomic E-state index is 13.3. The molecule has 0 N–H and O–H groups in total. The molecule has 0 amide bonds. The minimum Gasteiger partial charge on any atom is -0.303 e. The molecule has 0 spiro atoms. The first-order valence-electron chi connectivity index (χ1n) is 3.84. The van der Waals surface area contributed by atoms with Crippen molar-refractivity contribution in [1.82, 2.24) is 0 Å². The van der Waals surface area contributed by atoms with Crippen LogP contribution in [-0.4, -0.2) is 6.29 Å². The highest BCUT2D eigenvalue weighted by Crippen LogP contribution is 2.19. The third-order valence-electron chi connectivity index (χ3n) is 1.84. The molecule has 1 aromatic carbocycles. The lowest BCUT2D eigenvalue weighted by molar-refractivity contribution is -0.108. The van der Waals surface area contributed by atoms with Crippen molar-refractivity contribution in [1.29, 1.82) is 5.26 Å². The number of hydrogen-bond donors (Lipinski definition) is 0. The number of rotatable bonds is 2. The van der Waals surface area contributed by atoms with Crippen molar-refractivity contribution < 1.29 is 9.18 Å². The molecule has 1 aromatic rings. The summed E-state index contributed by atoms with van der Waals surface area (Å²) in [5.74, 6) is -1.10. The third kappa shape index (κ3) is 1.73. The smallest absolute Gasteiger partial charge is 0.144 e. The summed E-state index contributed by atoms with van der Waals surface area (Å²) in [4.78, 5) is 10.4. The van der Waals surface area contributed by atoms with Crippen molar-refractivity contribution in [2.75, 3.05) is 0 Å². The van der Waals surface area contributed by atoms with Crippen LogP contribution in [0.15, 0.2) is 18.2 Å². The number of hydrogen-bond acceptors (Lipinski definition) is 2. The van der Waals surface area contributed by atoms with Crippen molar-refractivity contribution in [3.63, 3.8) is 0 Å². The fourth-order valence-electron chi connectivity index (χ4n) is 1.06. The molecule has 1 atom stereocenters. The molecule has 0 heterocycles. The topological polar surface area (TPSA) is 40.9 Å². The lowest BCUT2D eigenvalue weighted by Crippen LogP contribution is -2.00. The summed E-state index contributed by atoms with van der Waals surface area (Å²) in [5, 5.41) is 8.52. The highest BCUT2D eigenvalue weighted by atomic mass is 19.1. The van der Waals surface area contributed by atoms with E-state index >= 15 is 0 Å². The summed E-state index contributed by atoms with van der Waals surface area (Å²) in [5.41, 5.74) is 0.250. The van der Waals surface area contributed by atoms with Gasteiger partial charge in [-0.1, -0.05) is 19.1 Å². The maximum absolute atomic E-state index is 13.3. The Morgan fingerprint density at radius 3 is 2.85 bits per heavy atom. The molecule has 2 nitrogen and oxygen atoms in total. The average molecular weight is 177 g/mol. The number of nitrogens with zero attached hydrogens (tertiary/aromatic N) is 1. The maximum Gasteiger partial charge on any atom is 0.144 e. The molecule has 0 fully saturated rings. The zero-order chi connectivity index (χ0) is 9.84. The Morgan fingerprint density at radius 1 is 1.62 bits per heavy atom. The number of carbonyl (C=O) groups excluding carboxylic acids is 1. The van der Waals surface area contributed by atoms with Gasteiger partial charge in [0.25, 0.3) is 0 Å². The van der Waals surface area contributed by atoms with Gasteiger partial charge in [0.1, 0.15) is 18.2 Å². The lowest BCUT2D eigenvalue weighted by Gasteiger charge is -2.05. The minimum atomic E-state index is -0.593. The van der Waals surface area contributed by atoms with Gasteiger partial charge >= 0.3 is 0 Å². The first-order chi connectivity index (χ1) is 6.20. The Hall–Kier alpha value is -1.69. The molecular weight excluding hydrogens is 169 g/mol. The molecule has 0 radical (unpaired) electrons. The van der Waals surface area contributed by atoms with Crippen LogP contribution in [0.1, 0.15) is 24.0 Å². The molecule has 0 aliphatic heterocycles. The van der Waals surface area contributed by atoms with Crippen LogP contribution in [0.25, 0.3) is 0 Å². The number of benzene rings is 1. The Balaban J connectivity index is 3.25. The Bertz CT molecular complexity index is 368. The van der Waals surface area contributed by atoms with Gasteiger partial charge in [-0.3, -0.25) is 0 Å². The van der Waals surface area contributed by atoms with E-state index in [1.807, 2.05) is 0 Å². The van der Waals surface area contributed by atoms with Gasteiger partial charge in [0, 0.05) is 5.92 Å². The molecular formula is C10H8FNO. The first-order valence-corrected chi connectivity index (χ1v) is 3.84. The molecule has 13 heavy (non-hydrogen) atoms. The van der Waals surface area contributed by atoms with Crippen LogP contribution < -0.4 is 0 Å². The molecule has 66 valence electrons. The standard InChI is InChI=1S/C10H8FNO/c1-7(6-13)9-4-2-3-8(5-12)10(9)11/h2-4,6-7H,1H3. The number of halogens is 1. The highest BCUT2D eigenvalue weighted by Gasteiger charge is 2.12. The summed E-state index contributed by atoms with van der Waals surface area (Å²) in [7, 11) is 0. The normalized spacial score (nSPS) is 11.8. The summed E-state index contributed by atoms with van der Waals surface area (Å²) in [6, 6.07) is 6.18. The van der Waals surface area contributed by atoms with E-state index < -0.39 is 11.7 Å². The van der Waals surface area contributed by atoms with Crippen molar-refractivity contribution in [3.8, 4) is 6.07 Å². The summed E-state index contributed by atoms with van der Waals surface area (Å²) >= 11 is 0. The predicted molar refractivity (Wildman–Crippen MR) is 45.6 cm³/mol. The lowest BCUT2D eigenvalue weighted by atomic mass is 10.00. The van der Waals surface area contributed by atoms with Gasteiger partial charge in [0.05, 0.1) is 5.56 Å². The molecule has 1 unspecified atom stereocenters. The quantitative estimate of drug-likeness (QED) is 0.648. The van der Waals surface area contributed by atoms with Gasteiger partial charge < -0.3 is 4.79 Å². The van der Waals surface area contributed by atoms with Crippen LogP contribution >= 0.6 is 0 Å². The van der Waals surface area contributed by atoms with E-state index in [0.717, 1.165) is 0 Å². The molecule has 3 heteroatoms. The van der Waals surface area contributed by atoms with E-state index in [9.17, 15) is 9.18 Å². The second kappa shape index (κ2) is 3.81. The van der Waals surface area contributed by atoms with Crippen molar-refractivity contribution in [2.24, 2.45) is 0 Å². The average Bonchev–Trinajstić information content (AvgIpc) is 2.17. The molecule has 0 aliphatic rings. The Labute approximate surface area is 75.6 Å². The van der Waals surface area contributed by atoms with E-state index in [-0.39, 0.29) is 11.1 Å². The monoisotopic (exact) mass is 177 g/mol. The Kier molecular flexibility index (Phi) is 2.76. The van der Waals surface area contributed by atoms with Gasteiger partial charge in [-0.25, -0.2) is 4.39 Å². The zero-order valence-electron chi connectivity index (χ0n) is 7.12. The van der Waals surface area contributed by atoms with E-state index in [1.54, 1.807) is 19.1 Å². The van der Waals surface area contributed by atoms with Gasteiger partial charge in [0.15, 0.2) is 0 Å². The zero-order valence-corrected chi connectivity index (χ0v) is 7.12. The molecule has 0 saturated heterocycles. The van der Waals surface area contributed by atoms with Crippen LogP contribution in [0.5, 0.6) is 0 Å². The molecule has 0 aromatic heterocycles. The molecule has 1 rings (SSSR count). The molecule has 0 saturated carbocycles. The van der Waals surface area contributed by atoms with Gasteiger partial charge in [0.2, 0.25) is 0 Å². The van der Waals surface area contributed by atoms with E-state index in [1.165, 1.54) is 12.1 Å². The summed E-state index contributed by atoms with van der Waals surface area (Å²) in [6.07, 6.45) is 0.652. The van der Waals surface area contributed by atoms with Crippen molar-refractivity contribution in [2.45, 2.75) is 12.8 Å². The summed E-state index contributed by atoms with van der Waals surface area (Å²) in [6.45, 7) is 1.59. The number of aldehydes is 1. The van der Waals surface area contributed by atoms with Crippen LogP contribution in [0, 0.1) is 17.1 Å². The second-order valence-corrected chi connectivity index (χ2v) is 2.75. The third-order valence-corrected chi connectivity index (χ3v) is 1.84.